The van der Waals surface area contributed by atoms with Gasteiger partial charge in [0.25, 0.3) is 0 Å². The van der Waals surface area contributed by atoms with Gasteiger partial charge in [0.2, 0.25) is 0 Å². The van der Waals surface area contributed by atoms with E-state index in [9.17, 15) is 4.79 Å². The molecule has 16 heavy (non-hydrogen) atoms. The van der Waals surface area contributed by atoms with Crippen molar-refractivity contribution in [2.75, 3.05) is 32.8 Å². The number of nitrogens with zero attached hydrogens (tertiary/aromatic N) is 2. The standard InChI is InChI=1S/C12H22N2O2/c1-3-6-13(9-10-15)12(16)14-7-4-11(2)5-8-14/h3,11,15H,1,4-10H2,2H3. The van der Waals surface area contributed by atoms with Crippen LogP contribution in [0, 0.1) is 5.92 Å². The average molecular weight is 226 g/mol. The number of aliphatic hydroxyl groups excluding tert-OH is 1. The van der Waals surface area contributed by atoms with Crippen LogP contribution in [0.2, 0.25) is 0 Å². The molecular formula is C12H22N2O2. The highest BCUT2D eigenvalue weighted by Crippen LogP contribution is 2.17. The van der Waals surface area contributed by atoms with Crippen LogP contribution in [0.5, 0.6) is 0 Å². The molecule has 1 aliphatic rings. The second kappa shape index (κ2) is 6.53. The van der Waals surface area contributed by atoms with Crippen molar-refractivity contribution in [1.82, 2.24) is 9.80 Å². The molecule has 1 saturated heterocycles. The minimum absolute atomic E-state index is 0.00379. The Bertz CT molecular complexity index is 235. The number of likely N-dealkylation sites (tertiary alicyclic amines) is 1. The molecule has 0 aromatic carbocycles. The number of rotatable bonds is 4. The Morgan fingerprint density at radius 1 is 1.56 bits per heavy atom. The van der Waals surface area contributed by atoms with Gasteiger partial charge in [0.1, 0.15) is 0 Å². The van der Waals surface area contributed by atoms with Crippen molar-refractivity contribution in [3.8, 4) is 0 Å². The molecule has 1 fully saturated rings. The molecule has 0 radical (unpaired) electrons. The minimum Gasteiger partial charge on any atom is -0.395 e. The third kappa shape index (κ3) is 3.52. The van der Waals surface area contributed by atoms with Gasteiger partial charge in [-0.05, 0) is 18.8 Å². The molecule has 2 amide bonds. The Morgan fingerprint density at radius 2 is 2.19 bits per heavy atom. The lowest BCUT2D eigenvalue weighted by Crippen LogP contribution is -2.47. The summed E-state index contributed by atoms with van der Waals surface area (Å²) < 4.78 is 0. The number of piperidine rings is 1. The van der Waals surface area contributed by atoms with Crippen LogP contribution < -0.4 is 0 Å². The summed E-state index contributed by atoms with van der Waals surface area (Å²) >= 11 is 0. The zero-order valence-corrected chi connectivity index (χ0v) is 10.1. The highest BCUT2D eigenvalue weighted by Gasteiger charge is 2.23. The van der Waals surface area contributed by atoms with Crippen molar-refractivity contribution in [2.45, 2.75) is 19.8 Å². The molecule has 4 nitrogen and oxygen atoms in total. The highest BCUT2D eigenvalue weighted by atomic mass is 16.3. The maximum Gasteiger partial charge on any atom is 0.320 e. The van der Waals surface area contributed by atoms with Crippen LogP contribution in [0.4, 0.5) is 4.79 Å². The molecule has 0 saturated carbocycles. The van der Waals surface area contributed by atoms with E-state index in [1.807, 2.05) is 4.90 Å². The van der Waals surface area contributed by atoms with E-state index < -0.39 is 0 Å². The van der Waals surface area contributed by atoms with Gasteiger partial charge in [0.05, 0.1) is 6.61 Å². The van der Waals surface area contributed by atoms with Crippen molar-refractivity contribution in [2.24, 2.45) is 5.92 Å². The molecular weight excluding hydrogens is 204 g/mol. The molecule has 0 aliphatic carbocycles. The van der Waals surface area contributed by atoms with Gasteiger partial charge in [-0.1, -0.05) is 13.0 Å². The second-order valence-corrected chi connectivity index (χ2v) is 4.41. The molecule has 4 heteroatoms. The molecule has 1 aliphatic heterocycles. The van der Waals surface area contributed by atoms with Gasteiger partial charge in [0, 0.05) is 26.2 Å². The van der Waals surface area contributed by atoms with Crippen LogP contribution in [-0.4, -0.2) is 53.7 Å². The Morgan fingerprint density at radius 3 is 2.69 bits per heavy atom. The van der Waals surface area contributed by atoms with Crippen LogP contribution in [0.15, 0.2) is 12.7 Å². The molecule has 1 heterocycles. The van der Waals surface area contributed by atoms with Crippen LogP contribution in [0.1, 0.15) is 19.8 Å². The molecule has 0 bridgehead atoms. The van der Waals surface area contributed by atoms with Crippen molar-refractivity contribution < 1.29 is 9.90 Å². The topological polar surface area (TPSA) is 43.8 Å². The Balaban J connectivity index is 2.49. The predicted octanol–water partition coefficient (Wildman–Crippen LogP) is 1.32. The van der Waals surface area contributed by atoms with Crippen LogP contribution in [0.3, 0.4) is 0 Å². The summed E-state index contributed by atoms with van der Waals surface area (Å²) in [6.45, 7) is 8.41. The molecule has 92 valence electrons. The first-order valence-corrected chi connectivity index (χ1v) is 5.94. The summed E-state index contributed by atoms with van der Waals surface area (Å²) in [5.74, 6) is 0.717. The van der Waals surface area contributed by atoms with Crippen molar-refractivity contribution in [1.29, 1.82) is 0 Å². The van der Waals surface area contributed by atoms with Gasteiger partial charge < -0.3 is 14.9 Å². The van der Waals surface area contributed by atoms with Crippen LogP contribution in [0.25, 0.3) is 0 Å². The first kappa shape index (κ1) is 13.0. The van der Waals surface area contributed by atoms with E-state index in [1.54, 1.807) is 11.0 Å². The third-order valence-corrected chi connectivity index (χ3v) is 3.04. The van der Waals surface area contributed by atoms with Gasteiger partial charge in [-0.2, -0.15) is 0 Å². The first-order chi connectivity index (χ1) is 7.69. The van der Waals surface area contributed by atoms with E-state index in [0.717, 1.165) is 31.8 Å². The summed E-state index contributed by atoms with van der Waals surface area (Å²) in [5.41, 5.74) is 0. The van der Waals surface area contributed by atoms with Crippen molar-refractivity contribution >= 4 is 6.03 Å². The molecule has 0 aromatic rings. The number of amides is 2. The lowest BCUT2D eigenvalue weighted by molar-refractivity contribution is 0.129. The Labute approximate surface area is 97.5 Å². The fourth-order valence-corrected chi connectivity index (χ4v) is 1.94. The van der Waals surface area contributed by atoms with E-state index in [0.29, 0.717) is 13.1 Å². The fourth-order valence-electron chi connectivity index (χ4n) is 1.94. The van der Waals surface area contributed by atoms with E-state index >= 15 is 0 Å². The number of carbonyl (C=O) groups excluding carboxylic acids is 1. The number of aliphatic hydroxyl groups is 1. The zero-order chi connectivity index (χ0) is 12.0. The largest absolute Gasteiger partial charge is 0.395 e. The quantitative estimate of drug-likeness (QED) is 0.735. The molecule has 0 aromatic heterocycles. The van der Waals surface area contributed by atoms with Gasteiger partial charge in [-0.15, -0.1) is 6.58 Å². The smallest absolute Gasteiger partial charge is 0.320 e. The number of hydrogen-bond donors (Lipinski definition) is 1. The lowest BCUT2D eigenvalue weighted by atomic mass is 10.00. The van der Waals surface area contributed by atoms with Gasteiger partial charge in [0.15, 0.2) is 0 Å². The van der Waals surface area contributed by atoms with Gasteiger partial charge in [-0.3, -0.25) is 0 Å². The molecule has 0 unspecified atom stereocenters. The van der Waals surface area contributed by atoms with E-state index in [-0.39, 0.29) is 12.6 Å². The van der Waals surface area contributed by atoms with Crippen molar-refractivity contribution in [3.05, 3.63) is 12.7 Å². The number of hydrogen-bond acceptors (Lipinski definition) is 2. The fraction of sp³-hybridized carbons (Fsp3) is 0.750. The highest BCUT2D eigenvalue weighted by molar-refractivity contribution is 5.74. The lowest BCUT2D eigenvalue weighted by Gasteiger charge is -2.34. The summed E-state index contributed by atoms with van der Waals surface area (Å²) in [5, 5.41) is 8.91. The van der Waals surface area contributed by atoms with Gasteiger partial charge >= 0.3 is 6.03 Å². The van der Waals surface area contributed by atoms with E-state index in [2.05, 4.69) is 13.5 Å². The Kier molecular flexibility index (Phi) is 5.32. The number of urea groups is 1. The molecule has 0 spiro atoms. The monoisotopic (exact) mass is 226 g/mol. The predicted molar refractivity (Wildman–Crippen MR) is 64.2 cm³/mol. The first-order valence-electron chi connectivity index (χ1n) is 5.94. The molecule has 1 N–H and O–H groups in total. The summed E-state index contributed by atoms with van der Waals surface area (Å²) in [6, 6.07) is 0.0286. The molecule has 1 rings (SSSR count). The second-order valence-electron chi connectivity index (χ2n) is 4.41. The Hall–Kier alpha value is -1.03. The zero-order valence-electron chi connectivity index (χ0n) is 10.1. The summed E-state index contributed by atoms with van der Waals surface area (Å²) in [7, 11) is 0. The van der Waals surface area contributed by atoms with Crippen molar-refractivity contribution in [3.63, 3.8) is 0 Å². The number of carbonyl (C=O) groups is 1. The van der Waals surface area contributed by atoms with E-state index in [1.165, 1.54) is 0 Å². The average Bonchev–Trinajstić information content (AvgIpc) is 2.29. The third-order valence-electron chi connectivity index (χ3n) is 3.04. The van der Waals surface area contributed by atoms with Crippen LogP contribution >= 0.6 is 0 Å². The minimum atomic E-state index is 0.00379. The maximum absolute atomic E-state index is 12.1. The van der Waals surface area contributed by atoms with Crippen LogP contribution in [-0.2, 0) is 0 Å². The maximum atomic E-state index is 12.1. The summed E-state index contributed by atoms with van der Waals surface area (Å²) in [4.78, 5) is 15.6. The summed E-state index contributed by atoms with van der Waals surface area (Å²) in [6.07, 6.45) is 3.85. The van der Waals surface area contributed by atoms with Gasteiger partial charge in [-0.25, -0.2) is 4.79 Å². The van der Waals surface area contributed by atoms with E-state index in [4.69, 9.17) is 5.11 Å². The molecule has 0 atom stereocenters. The normalized spacial score (nSPS) is 17.2. The SMILES string of the molecule is C=CCN(CCO)C(=O)N1CCC(C)CC1.